The lowest BCUT2D eigenvalue weighted by atomic mass is 10.1. The second-order valence-electron chi connectivity index (χ2n) is 4.77. The fourth-order valence-electron chi connectivity index (χ4n) is 1.86. The number of aromatic nitrogens is 1. The van der Waals surface area contributed by atoms with Crippen LogP contribution in [-0.2, 0) is 10.0 Å². The molecule has 0 aliphatic heterocycles. The largest absolute Gasteiger partial charge is 0.398 e. The fraction of sp³-hybridized carbons (Fsp3) is 0.214. The van der Waals surface area contributed by atoms with Gasteiger partial charge >= 0.3 is 0 Å². The van der Waals surface area contributed by atoms with Crippen LogP contribution in [0.1, 0.15) is 16.8 Å². The molecule has 0 fully saturated rings. The highest BCUT2D eigenvalue weighted by molar-refractivity contribution is 7.92. The second-order valence-corrected chi connectivity index (χ2v) is 6.42. The number of nitrogen functional groups attached to an aromatic ring is 1. The monoisotopic (exact) mass is 291 g/mol. The van der Waals surface area contributed by atoms with E-state index >= 15 is 0 Å². The molecule has 1 heterocycles. The van der Waals surface area contributed by atoms with Gasteiger partial charge in [-0.3, -0.25) is 9.71 Å². The number of pyridine rings is 1. The second kappa shape index (κ2) is 5.13. The van der Waals surface area contributed by atoms with E-state index in [1.165, 1.54) is 0 Å². The Morgan fingerprint density at radius 2 is 1.75 bits per heavy atom. The molecule has 1 aromatic carbocycles. The van der Waals surface area contributed by atoms with Gasteiger partial charge in [0.2, 0.25) is 0 Å². The maximum absolute atomic E-state index is 12.4. The Labute approximate surface area is 118 Å². The van der Waals surface area contributed by atoms with Gasteiger partial charge in [0.1, 0.15) is 4.90 Å². The third kappa shape index (κ3) is 2.91. The van der Waals surface area contributed by atoms with Gasteiger partial charge in [0.05, 0.1) is 11.4 Å². The van der Waals surface area contributed by atoms with Gasteiger partial charge in [-0.1, -0.05) is 0 Å². The summed E-state index contributed by atoms with van der Waals surface area (Å²) in [6.07, 6.45) is 1.55. The minimum Gasteiger partial charge on any atom is -0.398 e. The van der Waals surface area contributed by atoms with Crippen molar-refractivity contribution in [1.29, 1.82) is 0 Å². The highest BCUT2D eigenvalue weighted by Gasteiger charge is 2.18. The summed E-state index contributed by atoms with van der Waals surface area (Å²) in [6, 6.07) is 6.51. The smallest absolute Gasteiger partial charge is 0.263 e. The summed E-state index contributed by atoms with van der Waals surface area (Å²) >= 11 is 0. The summed E-state index contributed by atoms with van der Waals surface area (Å²) in [4.78, 5) is 4.12. The van der Waals surface area contributed by atoms with Crippen molar-refractivity contribution in [2.24, 2.45) is 0 Å². The van der Waals surface area contributed by atoms with Crippen LogP contribution in [0.2, 0.25) is 0 Å². The lowest BCUT2D eigenvalue weighted by molar-refractivity contribution is 0.601. The molecular formula is C14H17N3O2S. The lowest BCUT2D eigenvalue weighted by Crippen LogP contribution is -2.15. The molecule has 5 nitrogen and oxygen atoms in total. The van der Waals surface area contributed by atoms with E-state index in [0.29, 0.717) is 5.69 Å². The van der Waals surface area contributed by atoms with Crippen molar-refractivity contribution in [3.8, 4) is 0 Å². The predicted octanol–water partition coefficient (Wildman–Crippen LogP) is 2.39. The van der Waals surface area contributed by atoms with E-state index in [1.54, 1.807) is 37.4 Å². The van der Waals surface area contributed by atoms with Gasteiger partial charge in [0.25, 0.3) is 10.0 Å². The Bertz CT molecular complexity index is 755. The van der Waals surface area contributed by atoms with Crippen molar-refractivity contribution in [3.63, 3.8) is 0 Å². The maximum atomic E-state index is 12.4. The molecule has 2 aromatic rings. The minimum atomic E-state index is -3.70. The summed E-state index contributed by atoms with van der Waals surface area (Å²) in [7, 11) is -3.70. The average Bonchev–Trinajstić information content (AvgIpc) is 2.33. The Hall–Kier alpha value is -2.08. The first kappa shape index (κ1) is 14.3. The van der Waals surface area contributed by atoms with Crippen LogP contribution in [-0.4, -0.2) is 13.4 Å². The summed E-state index contributed by atoms with van der Waals surface area (Å²) < 4.78 is 27.3. The van der Waals surface area contributed by atoms with Gasteiger partial charge in [-0.15, -0.1) is 0 Å². The molecule has 6 heteroatoms. The average molecular weight is 291 g/mol. The lowest BCUT2D eigenvalue weighted by Gasteiger charge is -2.12. The highest BCUT2D eigenvalue weighted by Crippen LogP contribution is 2.24. The van der Waals surface area contributed by atoms with E-state index in [2.05, 4.69) is 9.71 Å². The van der Waals surface area contributed by atoms with Crippen LogP contribution in [0.4, 0.5) is 11.4 Å². The van der Waals surface area contributed by atoms with Crippen molar-refractivity contribution in [2.45, 2.75) is 25.7 Å². The number of nitrogens with two attached hydrogens (primary N) is 1. The van der Waals surface area contributed by atoms with E-state index < -0.39 is 10.0 Å². The van der Waals surface area contributed by atoms with Crippen LogP contribution in [0, 0.1) is 20.8 Å². The molecular weight excluding hydrogens is 274 g/mol. The van der Waals surface area contributed by atoms with Crippen molar-refractivity contribution >= 4 is 21.4 Å². The van der Waals surface area contributed by atoms with Crippen LogP contribution in [0.15, 0.2) is 35.4 Å². The molecule has 1 aromatic heterocycles. The van der Waals surface area contributed by atoms with E-state index in [-0.39, 0.29) is 10.6 Å². The Kier molecular flexibility index (Phi) is 3.67. The van der Waals surface area contributed by atoms with Crippen LogP contribution >= 0.6 is 0 Å². The quantitative estimate of drug-likeness (QED) is 0.850. The number of aryl methyl sites for hydroxylation is 3. The molecule has 0 spiro atoms. The van der Waals surface area contributed by atoms with Crippen molar-refractivity contribution < 1.29 is 8.42 Å². The number of sulfonamides is 1. The molecule has 0 aliphatic rings. The summed E-state index contributed by atoms with van der Waals surface area (Å²) in [5, 5.41) is 0. The molecule has 0 amide bonds. The zero-order valence-corrected chi connectivity index (χ0v) is 12.5. The zero-order valence-electron chi connectivity index (χ0n) is 11.6. The molecule has 2 rings (SSSR count). The number of nitrogens with zero attached hydrogens (tertiary/aromatic N) is 1. The number of hydrogen-bond donors (Lipinski definition) is 2. The zero-order chi connectivity index (χ0) is 14.9. The molecule has 0 saturated heterocycles. The van der Waals surface area contributed by atoms with Crippen LogP contribution in [0.5, 0.6) is 0 Å². The van der Waals surface area contributed by atoms with Crippen LogP contribution < -0.4 is 10.5 Å². The normalized spacial score (nSPS) is 11.3. The summed E-state index contributed by atoms with van der Waals surface area (Å²) in [5.74, 6) is 0. The number of rotatable bonds is 3. The van der Waals surface area contributed by atoms with Gasteiger partial charge in [-0.25, -0.2) is 8.42 Å². The van der Waals surface area contributed by atoms with Gasteiger partial charge < -0.3 is 5.73 Å². The number of anilines is 2. The third-order valence-electron chi connectivity index (χ3n) is 3.06. The molecule has 0 aliphatic carbocycles. The molecule has 0 bridgehead atoms. The molecule has 0 unspecified atom stereocenters. The van der Waals surface area contributed by atoms with Gasteiger partial charge in [0, 0.05) is 11.9 Å². The summed E-state index contributed by atoms with van der Waals surface area (Å²) in [5.41, 5.74) is 9.11. The molecule has 20 heavy (non-hydrogen) atoms. The molecule has 3 N–H and O–H groups in total. The first-order valence-electron chi connectivity index (χ1n) is 6.12. The molecule has 0 radical (unpaired) electrons. The molecule has 0 atom stereocenters. The van der Waals surface area contributed by atoms with Crippen LogP contribution in [0.25, 0.3) is 0 Å². The van der Waals surface area contributed by atoms with E-state index in [0.717, 1.165) is 16.8 Å². The fourth-order valence-corrected chi connectivity index (χ4v) is 3.11. The number of nitrogens with one attached hydrogen (secondary N) is 1. The maximum Gasteiger partial charge on any atom is 0.263 e. The van der Waals surface area contributed by atoms with Crippen molar-refractivity contribution in [3.05, 3.63) is 47.3 Å². The first-order valence-corrected chi connectivity index (χ1v) is 7.60. The van der Waals surface area contributed by atoms with E-state index in [1.807, 2.05) is 13.8 Å². The topological polar surface area (TPSA) is 85.1 Å². The Morgan fingerprint density at radius 3 is 2.40 bits per heavy atom. The molecule has 0 saturated carbocycles. The van der Waals surface area contributed by atoms with Gasteiger partial charge in [0.15, 0.2) is 0 Å². The predicted molar refractivity (Wildman–Crippen MR) is 80.1 cm³/mol. The minimum absolute atomic E-state index is 0.0927. The highest BCUT2D eigenvalue weighted by atomic mass is 32.2. The van der Waals surface area contributed by atoms with Crippen molar-refractivity contribution in [1.82, 2.24) is 4.98 Å². The third-order valence-corrected chi connectivity index (χ3v) is 4.50. The van der Waals surface area contributed by atoms with Gasteiger partial charge in [-0.05, 0) is 56.2 Å². The number of hydrogen-bond acceptors (Lipinski definition) is 4. The van der Waals surface area contributed by atoms with Gasteiger partial charge in [-0.2, -0.15) is 0 Å². The SMILES string of the molecule is Cc1cc(NS(=O)(=O)c2cc(C)c(C)cc2N)ccn1. The van der Waals surface area contributed by atoms with Crippen molar-refractivity contribution in [2.75, 3.05) is 10.5 Å². The first-order chi connectivity index (χ1) is 9.29. The standard InChI is InChI=1S/C14H17N3O2S/c1-9-6-13(15)14(7-10(9)2)20(18,19)17-12-4-5-16-11(3)8-12/h4-8H,15H2,1-3H3,(H,16,17). The summed E-state index contributed by atoms with van der Waals surface area (Å²) in [6.45, 7) is 5.54. The van der Waals surface area contributed by atoms with E-state index in [4.69, 9.17) is 5.73 Å². The molecule has 106 valence electrons. The Morgan fingerprint density at radius 1 is 1.10 bits per heavy atom. The number of benzene rings is 1. The Balaban J connectivity index is 2.43. The van der Waals surface area contributed by atoms with Crippen LogP contribution in [0.3, 0.4) is 0 Å². The van der Waals surface area contributed by atoms with E-state index in [9.17, 15) is 8.42 Å².